The van der Waals surface area contributed by atoms with E-state index in [-0.39, 0.29) is 27.9 Å². The maximum Gasteiger partial charge on any atom is 0.339 e. The second kappa shape index (κ2) is 6.98. The fraction of sp³-hybridized carbons (Fsp3) is 0.0455. The van der Waals surface area contributed by atoms with E-state index in [1.54, 1.807) is 24.3 Å². The Kier molecular flexibility index (Phi) is 4.49. The highest BCUT2D eigenvalue weighted by molar-refractivity contribution is 7.87. The van der Waals surface area contributed by atoms with E-state index in [9.17, 15) is 13.2 Å². The minimum absolute atomic E-state index is 0.0486. The lowest BCUT2D eigenvalue weighted by Crippen LogP contribution is -2.09. The zero-order valence-corrected chi connectivity index (χ0v) is 15.8. The monoisotopic (exact) mass is 392 g/mol. The Hall–Kier alpha value is -3.38. The summed E-state index contributed by atoms with van der Waals surface area (Å²) in [4.78, 5) is 12.6. The first-order valence-electron chi connectivity index (χ1n) is 8.57. The number of rotatable bonds is 4. The SMILES string of the molecule is Cc1cccc(/C=C2\Oc3cc(OS(=O)(=O)c4ccccc4)ccc3C2=O)c1. The fourth-order valence-corrected chi connectivity index (χ4v) is 3.84. The van der Waals surface area contributed by atoms with Gasteiger partial charge in [-0.3, -0.25) is 4.79 Å². The normalized spacial score (nSPS) is 14.6. The number of benzene rings is 3. The molecule has 0 unspecified atom stereocenters. The average Bonchev–Trinajstić information content (AvgIpc) is 2.97. The van der Waals surface area contributed by atoms with Gasteiger partial charge in [-0.15, -0.1) is 0 Å². The summed E-state index contributed by atoms with van der Waals surface area (Å²) in [6, 6.07) is 19.9. The second-order valence-electron chi connectivity index (χ2n) is 6.36. The third-order valence-corrected chi connectivity index (χ3v) is 5.48. The maximum atomic E-state index is 12.6. The van der Waals surface area contributed by atoms with Crippen LogP contribution in [0, 0.1) is 6.92 Å². The summed E-state index contributed by atoms with van der Waals surface area (Å²) in [6.07, 6.45) is 1.66. The van der Waals surface area contributed by atoms with Gasteiger partial charge in [0, 0.05) is 6.07 Å². The van der Waals surface area contributed by atoms with Crippen LogP contribution in [-0.4, -0.2) is 14.2 Å². The molecular weight excluding hydrogens is 376 g/mol. The quantitative estimate of drug-likeness (QED) is 0.487. The average molecular weight is 392 g/mol. The minimum Gasteiger partial charge on any atom is -0.452 e. The van der Waals surface area contributed by atoms with E-state index in [4.69, 9.17) is 8.92 Å². The first-order valence-corrected chi connectivity index (χ1v) is 9.98. The predicted molar refractivity (Wildman–Crippen MR) is 105 cm³/mol. The van der Waals surface area contributed by atoms with Gasteiger partial charge in [-0.2, -0.15) is 8.42 Å². The van der Waals surface area contributed by atoms with Crippen molar-refractivity contribution in [2.24, 2.45) is 0 Å². The molecule has 0 N–H and O–H groups in total. The molecule has 0 atom stereocenters. The molecule has 3 aromatic rings. The maximum absolute atomic E-state index is 12.6. The third kappa shape index (κ3) is 3.54. The van der Waals surface area contributed by atoms with Crippen LogP contribution in [0.1, 0.15) is 21.5 Å². The van der Waals surface area contributed by atoms with Crippen LogP contribution in [0.3, 0.4) is 0 Å². The van der Waals surface area contributed by atoms with Gasteiger partial charge in [0.05, 0.1) is 5.56 Å². The van der Waals surface area contributed by atoms with Crippen molar-refractivity contribution in [1.82, 2.24) is 0 Å². The number of ether oxygens (including phenoxy) is 1. The van der Waals surface area contributed by atoms with Crippen LogP contribution in [-0.2, 0) is 10.1 Å². The van der Waals surface area contributed by atoms with Crippen molar-refractivity contribution >= 4 is 22.0 Å². The molecule has 0 saturated heterocycles. The fourth-order valence-electron chi connectivity index (χ4n) is 2.89. The number of hydrogen-bond acceptors (Lipinski definition) is 5. The molecule has 0 amide bonds. The molecule has 0 radical (unpaired) electrons. The van der Waals surface area contributed by atoms with Crippen molar-refractivity contribution in [3.63, 3.8) is 0 Å². The lowest BCUT2D eigenvalue weighted by molar-refractivity contribution is 0.101. The lowest BCUT2D eigenvalue weighted by Gasteiger charge is -2.07. The smallest absolute Gasteiger partial charge is 0.339 e. The van der Waals surface area contributed by atoms with E-state index in [1.165, 1.54) is 30.3 Å². The molecule has 0 aliphatic carbocycles. The molecule has 0 saturated carbocycles. The summed E-state index contributed by atoms with van der Waals surface area (Å²) in [5.41, 5.74) is 2.28. The van der Waals surface area contributed by atoms with Gasteiger partial charge in [-0.05, 0) is 42.8 Å². The van der Waals surface area contributed by atoms with Crippen molar-refractivity contribution < 1.29 is 22.1 Å². The van der Waals surface area contributed by atoms with Crippen molar-refractivity contribution in [3.8, 4) is 11.5 Å². The van der Waals surface area contributed by atoms with Crippen LogP contribution >= 0.6 is 0 Å². The highest BCUT2D eigenvalue weighted by atomic mass is 32.2. The number of carbonyl (C=O) groups is 1. The number of hydrogen-bond donors (Lipinski definition) is 0. The molecule has 1 heterocycles. The van der Waals surface area contributed by atoms with E-state index in [2.05, 4.69) is 0 Å². The number of aryl methyl sites for hydroxylation is 1. The van der Waals surface area contributed by atoms with Gasteiger partial charge in [0.1, 0.15) is 16.4 Å². The van der Waals surface area contributed by atoms with Crippen molar-refractivity contribution in [3.05, 3.63) is 95.2 Å². The molecule has 28 heavy (non-hydrogen) atoms. The van der Waals surface area contributed by atoms with Gasteiger partial charge >= 0.3 is 10.1 Å². The van der Waals surface area contributed by atoms with Crippen LogP contribution in [0.2, 0.25) is 0 Å². The largest absolute Gasteiger partial charge is 0.452 e. The Morgan fingerprint density at radius 2 is 1.71 bits per heavy atom. The molecule has 0 aromatic heterocycles. The predicted octanol–water partition coefficient (Wildman–Crippen LogP) is 4.38. The number of Topliss-reactive ketones (excluding diaryl/α,β-unsaturated/α-hetero) is 1. The Bertz CT molecular complexity index is 1190. The number of carbonyl (C=O) groups excluding carboxylic acids is 1. The summed E-state index contributed by atoms with van der Waals surface area (Å²) in [6.45, 7) is 1.96. The standard InChI is InChI=1S/C22H16O5S/c1-15-6-5-7-16(12-15)13-21-22(23)19-11-10-17(14-20(19)26-21)27-28(24,25)18-8-3-2-4-9-18/h2-14H,1H3/b21-13-. The number of allylic oxidation sites excluding steroid dienone is 1. The van der Waals surface area contributed by atoms with Crippen LogP contribution in [0.5, 0.6) is 11.5 Å². The van der Waals surface area contributed by atoms with Crippen LogP contribution < -0.4 is 8.92 Å². The third-order valence-electron chi connectivity index (χ3n) is 4.22. The highest BCUT2D eigenvalue weighted by Gasteiger charge is 2.28. The van der Waals surface area contributed by atoms with E-state index in [1.807, 2.05) is 31.2 Å². The summed E-state index contributed by atoms with van der Waals surface area (Å²) in [5, 5.41) is 0. The van der Waals surface area contributed by atoms with Gasteiger partial charge < -0.3 is 8.92 Å². The number of ketones is 1. The van der Waals surface area contributed by atoms with Gasteiger partial charge in [-0.1, -0.05) is 48.0 Å². The van der Waals surface area contributed by atoms with Gasteiger partial charge in [0.25, 0.3) is 0 Å². The molecule has 1 aliphatic heterocycles. The molecule has 0 spiro atoms. The Morgan fingerprint density at radius 3 is 2.46 bits per heavy atom. The van der Waals surface area contributed by atoms with E-state index < -0.39 is 10.1 Å². The minimum atomic E-state index is -3.97. The van der Waals surface area contributed by atoms with Crippen LogP contribution in [0.25, 0.3) is 6.08 Å². The molecular formula is C22H16O5S. The van der Waals surface area contributed by atoms with Crippen molar-refractivity contribution in [2.75, 3.05) is 0 Å². The summed E-state index contributed by atoms with van der Waals surface area (Å²) < 4.78 is 35.6. The summed E-state index contributed by atoms with van der Waals surface area (Å²) in [5.74, 6) is 0.273. The second-order valence-corrected chi connectivity index (χ2v) is 7.91. The molecule has 0 bridgehead atoms. The first-order chi connectivity index (χ1) is 13.4. The molecule has 4 rings (SSSR count). The molecule has 1 aliphatic rings. The van der Waals surface area contributed by atoms with Gasteiger partial charge in [0.2, 0.25) is 5.78 Å². The molecule has 140 valence electrons. The van der Waals surface area contributed by atoms with Gasteiger partial charge in [-0.25, -0.2) is 0 Å². The van der Waals surface area contributed by atoms with E-state index >= 15 is 0 Å². The van der Waals surface area contributed by atoms with Crippen molar-refractivity contribution in [2.45, 2.75) is 11.8 Å². The van der Waals surface area contributed by atoms with E-state index in [0.717, 1.165) is 11.1 Å². The van der Waals surface area contributed by atoms with Gasteiger partial charge in [0.15, 0.2) is 5.76 Å². The first kappa shape index (κ1) is 18.0. The molecule has 0 fully saturated rings. The molecule has 3 aromatic carbocycles. The summed E-state index contributed by atoms with van der Waals surface area (Å²) in [7, 11) is -3.97. The van der Waals surface area contributed by atoms with Crippen LogP contribution in [0.15, 0.2) is 83.5 Å². The Labute approximate surface area is 163 Å². The Morgan fingerprint density at radius 1 is 0.929 bits per heavy atom. The Balaban J connectivity index is 1.61. The zero-order chi connectivity index (χ0) is 19.7. The van der Waals surface area contributed by atoms with Crippen LogP contribution in [0.4, 0.5) is 0 Å². The number of fused-ring (bicyclic) bond motifs is 1. The topological polar surface area (TPSA) is 69.7 Å². The van der Waals surface area contributed by atoms with E-state index in [0.29, 0.717) is 5.56 Å². The summed E-state index contributed by atoms with van der Waals surface area (Å²) >= 11 is 0. The molecule has 5 nitrogen and oxygen atoms in total. The highest BCUT2D eigenvalue weighted by Crippen LogP contribution is 2.35. The molecule has 6 heteroatoms. The van der Waals surface area contributed by atoms with Crippen molar-refractivity contribution in [1.29, 1.82) is 0 Å². The zero-order valence-electron chi connectivity index (χ0n) is 15.0. The lowest BCUT2D eigenvalue weighted by atomic mass is 10.1.